The first-order valence-electron chi connectivity index (χ1n) is 8.17. The molecule has 27 heavy (non-hydrogen) atoms. The summed E-state index contributed by atoms with van der Waals surface area (Å²) >= 11 is 5.96. The number of anilines is 3. The van der Waals surface area contributed by atoms with Gasteiger partial charge in [-0.15, -0.1) is 0 Å². The molecule has 3 aromatic rings. The summed E-state index contributed by atoms with van der Waals surface area (Å²) in [4.78, 5) is 8.40. The molecular formula is C19H16ClF3N4. The van der Waals surface area contributed by atoms with Gasteiger partial charge in [-0.25, -0.2) is 23.1 Å². The van der Waals surface area contributed by atoms with Gasteiger partial charge in [-0.2, -0.15) is 0 Å². The van der Waals surface area contributed by atoms with E-state index in [4.69, 9.17) is 11.6 Å². The van der Waals surface area contributed by atoms with Crippen molar-refractivity contribution in [3.63, 3.8) is 0 Å². The summed E-state index contributed by atoms with van der Waals surface area (Å²) in [5.41, 5.74) is 0.861. The molecule has 3 rings (SSSR count). The van der Waals surface area contributed by atoms with Gasteiger partial charge >= 0.3 is 0 Å². The Hall–Kier alpha value is -2.80. The van der Waals surface area contributed by atoms with Crippen molar-refractivity contribution in [3.05, 3.63) is 76.3 Å². The molecule has 4 nitrogen and oxygen atoms in total. The van der Waals surface area contributed by atoms with Crippen molar-refractivity contribution < 1.29 is 13.2 Å². The molecule has 0 saturated carbocycles. The van der Waals surface area contributed by atoms with Gasteiger partial charge in [-0.1, -0.05) is 23.7 Å². The van der Waals surface area contributed by atoms with Crippen LogP contribution in [0.4, 0.5) is 30.5 Å². The molecule has 0 radical (unpaired) electrons. The van der Waals surface area contributed by atoms with Gasteiger partial charge in [0, 0.05) is 17.6 Å². The van der Waals surface area contributed by atoms with E-state index < -0.39 is 17.5 Å². The summed E-state index contributed by atoms with van der Waals surface area (Å²) in [6, 6.07) is 11.1. The predicted octanol–water partition coefficient (Wildman–Crippen LogP) is 5.25. The van der Waals surface area contributed by atoms with Crippen molar-refractivity contribution in [1.82, 2.24) is 9.97 Å². The third-order valence-electron chi connectivity index (χ3n) is 3.74. The fourth-order valence-electron chi connectivity index (χ4n) is 2.51. The Bertz CT molecular complexity index is 966. The summed E-state index contributed by atoms with van der Waals surface area (Å²) in [5, 5.41) is 6.47. The molecule has 1 heterocycles. The van der Waals surface area contributed by atoms with E-state index >= 15 is 0 Å². The molecule has 0 saturated heterocycles. The minimum absolute atomic E-state index is 0.211. The minimum atomic E-state index is -1.54. The molecule has 0 bridgehead atoms. The zero-order valence-corrected chi connectivity index (χ0v) is 15.1. The van der Waals surface area contributed by atoms with Crippen molar-refractivity contribution in [2.75, 3.05) is 17.2 Å². The number of halogens is 4. The number of rotatable bonds is 6. The van der Waals surface area contributed by atoms with Gasteiger partial charge in [-0.3, -0.25) is 0 Å². The van der Waals surface area contributed by atoms with Crippen molar-refractivity contribution in [3.8, 4) is 0 Å². The van der Waals surface area contributed by atoms with Gasteiger partial charge in [0.2, 0.25) is 0 Å². The van der Waals surface area contributed by atoms with Gasteiger partial charge in [0.25, 0.3) is 0 Å². The number of nitrogens with zero attached hydrogens (tertiary/aromatic N) is 2. The molecule has 0 atom stereocenters. The number of aromatic nitrogens is 2. The Morgan fingerprint density at radius 1 is 0.963 bits per heavy atom. The fraction of sp³-hybridized carbons (Fsp3) is 0.158. The number of hydrogen-bond donors (Lipinski definition) is 2. The average molecular weight is 393 g/mol. The zero-order valence-electron chi connectivity index (χ0n) is 14.4. The van der Waals surface area contributed by atoms with E-state index in [-0.39, 0.29) is 11.5 Å². The van der Waals surface area contributed by atoms with E-state index in [0.717, 1.165) is 24.1 Å². The topological polar surface area (TPSA) is 49.8 Å². The Kier molecular flexibility index (Phi) is 5.81. The van der Waals surface area contributed by atoms with E-state index in [9.17, 15) is 13.2 Å². The normalized spacial score (nSPS) is 10.7. The van der Waals surface area contributed by atoms with Gasteiger partial charge in [-0.05, 0) is 43.2 Å². The molecule has 0 aliphatic rings. The van der Waals surface area contributed by atoms with Crippen LogP contribution in [0.2, 0.25) is 5.02 Å². The molecule has 2 aromatic carbocycles. The van der Waals surface area contributed by atoms with Gasteiger partial charge in [0.15, 0.2) is 17.5 Å². The quantitative estimate of drug-likeness (QED) is 0.562. The first kappa shape index (κ1) is 19.0. The number of nitrogens with one attached hydrogen (secondary N) is 2. The smallest absolute Gasteiger partial charge is 0.196 e. The van der Waals surface area contributed by atoms with Crippen molar-refractivity contribution in [1.29, 1.82) is 0 Å². The van der Waals surface area contributed by atoms with Crippen LogP contribution >= 0.6 is 11.6 Å². The lowest BCUT2D eigenvalue weighted by Crippen LogP contribution is -2.09. The Labute approximate surface area is 159 Å². The summed E-state index contributed by atoms with van der Waals surface area (Å²) in [6.45, 7) is 2.27. The summed E-state index contributed by atoms with van der Waals surface area (Å²) < 4.78 is 40.2. The van der Waals surface area contributed by atoms with Crippen LogP contribution in [0, 0.1) is 24.4 Å². The van der Waals surface area contributed by atoms with Gasteiger partial charge in [0.1, 0.15) is 17.5 Å². The SMILES string of the molecule is Cc1nc(NCCc2cccc(Cl)c2)cc(Nc2ccc(F)c(F)c2F)n1. The minimum Gasteiger partial charge on any atom is -0.370 e. The molecule has 8 heteroatoms. The van der Waals surface area contributed by atoms with Crippen LogP contribution in [-0.2, 0) is 6.42 Å². The Morgan fingerprint density at radius 3 is 2.52 bits per heavy atom. The van der Waals surface area contributed by atoms with Crippen LogP contribution < -0.4 is 10.6 Å². The molecule has 0 amide bonds. The van der Waals surface area contributed by atoms with Crippen LogP contribution in [-0.4, -0.2) is 16.5 Å². The van der Waals surface area contributed by atoms with Gasteiger partial charge < -0.3 is 10.6 Å². The first-order valence-corrected chi connectivity index (χ1v) is 8.54. The molecule has 140 valence electrons. The molecule has 0 aliphatic heterocycles. The maximum absolute atomic E-state index is 13.8. The second kappa shape index (κ2) is 8.26. The highest BCUT2D eigenvalue weighted by atomic mass is 35.5. The van der Waals surface area contributed by atoms with E-state index in [1.165, 1.54) is 0 Å². The molecule has 1 aromatic heterocycles. The summed E-state index contributed by atoms with van der Waals surface area (Å²) in [7, 11) is 0. The van der Waals surface area contributed by atoms with Crippen LogP contribution in [0.1, 0.15) is 11.4 Å². The lowest BCUT2D eigenvalue weighted by Gasteiger charge is -2.11. The third kappa shape index (κ3) is 4.89. The van der Waals surface area contributed by atoms with E-state index in [1.807, 2.05) is 24.3 Å². The highest BCUT2D eigenvalue weighted by Crippen LogP contribution is 2.23. The maximum Gasteiger partial charge on any atom is 0.196 e. The number of aryl methyl sites for hydroxylation is 1. The van der Waals surface area contributed by atoms with Crippen molar-refractivity contribution in [2.45, 2.75) is 13.3 Å². The predicted molar refractivity (Wildman–Crippen MR) is 100 cm³/mol. The molecule has 0 unspecified atom stereocenters. The average Bonchev–Trinajstić information content (AvgIpc) is 2.62. The highest BCUT2D eigenvalue weighted by molar-refractivity contribution is 6.30. The monoisotopic (exact) mass is 392 g/mol. The van der Waals surface area contributed by atoms with Crippen LogP contribution in [0.3, 0.4) is 0 Å². The van der Waals surface area contributed by atoms with Gasteiger partial charge in [0.05, 0.1) is 5.69 Å². The lowest BCUT2D eigenvalue weighted by atomic mass is 10.1. The second-order valence-electron chi connectivity index (χ2n) is 5.84. The largest absolute Gasteiger partial charge is 0.370 e. The fourth-order valence-corrected chi connectivity index (χ4v) is 2.72. The molecule has 0 spiro atoms. The number of benzene rings is 2. The highest BCUT2D eigenvalue weighted by Gasteiger charge is 2.14. The van der Waals surface area contributed by atoms with Crippen LogP contribution in [0.25, 0.3) is 0 Å². The van der Waals surface area contributed by atoms with Crippen molar-refractivity contribution in [2.24, 2.45) is 0 Å². The van der Waals surface area contributed by atoms with E-state index in [2.05, 4.69) is 20.6 Å². The summed E-state index contributed by atoms with van der Waals surface area (Å²) in [5.74, 6) is -2.87. The standard InChI is InChI=1S/C19H16ClF3N4/c1-11-25-16(24-8-7-12-3-2-4-13(20)9-12)10-17(26-11)27-15-6-5-14(21)18(22)19(15)23/h2-6,9-10H,7-8H2,1H3,(H2,24,25,26,27). The number of hydrogen-bond acceptors (Lipinski definition) is 4. The maximum atomic E-state index is 13.8. The lowest BCUT2D eigenvalue weighted by molar-refractivity contribution is 0.449. The summed E-state index contributed by atoms with van der Waals surface area (Å²) in [6.07, 6.45) is 0.726. The third-order valence-corrected chi connectivity index (χ3v) is 3.98. The van der Waals surface area contributed by atoms with Crippen LogP contribution in [0.15, 0.2) is 42.5 Å². The first-order chi connectivity index (χ1) is 12.9. The van der Waals surface area contributed by atoms with Crippen LogP contribution in [0.5, 0.6) is 0 Å². The zero-order chi connectivity index (χ0) is 19.4. The van der Waals surface area contributed by atoms with E-state index in [1.54, 1.807) is 13.0 Å². The molecule has 2 N–H and O–H groups in total. The molecule has 0 aliphatic carbocycles. The van der Waals surface area contributed by atoms with E-state index in [0.29, 0.717) is 23.2 Å². The molecular weight excluding hydrogens is 377 g/mol. The second-order valence-corrected chi connectivity index (χ2v) is 6.28. The Balaban J connectivity index is 1.70. The van der Waals surface area contributed by atoms with Crippen molar-refractivity contribution >= 4 is 28.9 Å². The Morgan fingerprint density at radius 2 is 1.74 bits per heavy atom. The molecule has 0 fully saturated rings.